The lowest BCUT2D eigenvalue weighted by molar-refractivity contribution is -0.146. The molecule has 6 heteroatoms. The fourth-order valence-electron chi connectivity index (χ4n) is 2.00. The van der Waals surface area contributed by atoms with Crippen molar-refractivity contribution in [2.24, 2.45) is 0 Å². The second-order valence-corrected chi connectivity index (χ2v) is 5.54. The van der Waals surface area contributed by atoms with Crippen LogP contribution >= 0.6 is 11.3 Å². The number of hydrogen-bond donors (Lipinski definition) is 2. The predicted octanol–water partition coefficient (Wildman–Crippen LogP) is 0.696. The minimum atomic E-state index is -0.887. The molecule has 1 aromatic heterocycles. The summed E-state index contributed by atoms with van der Waals surface area (Å²) in [5.74, 6) is -0.998. The van der Waals surface area contributed by atoms with Crippen LogP contribution in [-0.4, -0.2) is 41.0 Å². The zero-order valence-corrected chi connectivity index (χ0v) is 11.0. The number of amides is 1. The Morgan fingerprint density at radius 2 is 2.28 bits per heavy atom. The number of carboxylic acids is 1. The highest BCUT2D eigenvalue weighted by Gasteiger charge is 2.31. The highest BCUT2D eigenvalue weighted by molar-refractivity contribution is 7.11. The van der Waals surface area contributed by atoms with Crippen molar-refractivity contribution in [1.82, 2.24) is 10.2 Å². The van der Waals surface area contributed by atoms with Gasteiger partial charge >= 0.3 is 5.97 Å². The number of nitrogens with zero attached hydrogens (tertiary/aromatic N) is 1. The average molecular weight is 268 g/mol. The van der Waals surface area contributed by atoms with Crippen molar-refractivity contribution in [3.63, 3.8) is 0 Å². The van der Waals surface area contributed by atoms with Gasteiger partial charge in [0, 0.05) is 22.8 Å². The molecule has 0 spiro atoms. The van der Waals surface area contributed by atoms with Gasteiger partial charge in [-0.3, -0.25) is 14.5 Å². The molecule has 2 N–H and O–H groups in total. The van der Waals surface area contributed by atoms with Gasteiger partial charge in [-0.2, -0.15) is 0 Å². The van der Waals surface area contributed by atoms with E-state index in [-0.39, 0.29) is 19.0 Å². The van der Waals surface area contributed by atoms with E-state index in [1.54, 1.807) is 16.2 Å². The first-order valence-corrected chi connectivity index (χ1v) is 6.73. The van der Waals surface area contributed by atoms with E-state index in [9.17, 15) is 9.59 Å². The number of thiophene rings is 1. The summed E-state index contributed by atoms with van der Waals surface area (Å²) >= 11 is 1.68. The minimum Gasteiger partial charge on any atom is -0.480 e. The fourth-order valence-corrected chi connectivity index (χ4v) is 2.98. The quantitative estimate of drug-likeness (QED) is 0.843. The Bertz CT molecular complexity index is 458. The third kappa shape index (κ3) is 2.88. The Balaban J connectivity index is 2.08. The van der Waals surface area contributed by atoms with Crippen LogP contribution in [-0.2, 0) is 22.6 Å². The Hall–Kier alpha value is -1.40. The molecular formula is C12H16N2O3S. The van der Waals surface area contributed by atoms with Gasteiger partial charge in [0.1, 0.15) is 6.04 Å². The van der Waals surface area contributed by atoms with E-state index in [2.05, 4.69) is 18.3 Å². The molecule has 1 aromatic rings. The number of carbonyl (C=O) groups is 2. The molecule has 1 aliphatic rings. The van der Waals surface area contributed by atoms with Crippen LogP contribution in [0.3, 0.4) is 0 Å². The van der Waals surface area contributed by atoms with Crippen molar-refractivity contribution >= 4 is 23.2 Å². The maximum atomic E-state index is 11.4. The van der Waals surface area contributed by atoms with Crippen molar-refractivity contribution in [2.75, 3.05) is 13.1 Å². The zero-order chi connectivity index (χ0) is 13.1. The van der Waals surface area contributed by atoms with Gasteiger partial charge in [-0.1, -0.05) is 6.92 Å². The van der Waals surface area contributed by atoms with E-state index in [1.165, 1.54) is 4.88 Å². The summed E-state index contributed by atoms with van der Waals surface area (Å²) < 4.78 is 0. The summed E-state index contributed by atoms with van der Waals surface area (Å²) in [5.41, 5.74) is 0. The topological polar surface area (TPSA) is 69.6 Å². The molecule has 2 rings (SSSR count). The lowest BCUT2D eigenvalue weighted by Gasteiger charge is -2.32. The van der Waals surface area contributed by atoms with Crippen LogP contribution in [0.1, 0.15) is 16.7 Å². The van der Waals surface area contributed by atoms with Crippen molar-refractivity contribution in [2.45, 2.75) is 25.9 Å². The zero-order valence-electron chi connectivity index (χ0n) is 10.2. The first-order valence-electron chi connectivity index (χ1n) is 5.91. The molecule has 0 radical (unpaired) electrons. The molecule has 98 valence electrons. The maximum absolute atomic E-state index is 11.4. The number of rotatable bonds is 4. The maximum Gasteiger partial charge on any atom is 0.322 e. The van der Waals surface area contributed by atoms with Crippen LogP contribution in [0, 0.1) is 0 Å². The van der Waals surface area contributed by atoms with E-state index >= 15 is 0 Å². The van der Waals surface area contributed by atoms with Crippen LogP contribution in [0.5, 0.6) is 0 Å². The minimum absolute atomic E-state index is 0.111. The van der Waals surface area contributed by atoms with Gasteiger partial charge in [0.05, 0.1) is 6.54 Å². The van der Waals surface area contributed by atoms with Gasteiger partial charge in [-0.25, -0.2) is 0 Å². The van der Waals surface area contributed by atoms with Gasteiger partial charge in [0.25, 0.3) is 0 Å². The van der Waals surface area contributed by atoms with Crippen LogP contribution in [0.2, 0.25) is 0 Å². The van der Waals surface area contributed by atoms with Crippen molar-refractivity contribution in [3.8, 4) is 0 Å². The lowest BCUT2D eigenvalue weighted by atomic mass is 10.2. The molecule has 1 saturated heterocycles. The summed E-state index contributed by atoms with van der Waals surface area (Å²) in [6, 6.07) is 3.43. The van der Waals surface area contributed by atoms with Crippen molar-refractivity contribution in [3.05, 3.63) is 21.9 Å². The van der Waals surface area contributed by atoms with E-state index < -0.39 is 12.0 Å². The Labute approximate surface area is 109 Å². The van der Waals surface area contributed by atoms with E-state index in [0.29, 0.717) is 6.54 Å². The third-order valence-corrected chi connectivity index (χ3v) is 4.20. The molecule has 1 unspecified atom stereocenters. The standard InChI is InChI=1S/C12H16N2O3S/c1-2-8-3-4-9(18-8)6-14-7-11(15)13-5-10(14)12(16)17/h3-4,10H,2,5-7H2,1H3,(H,13,15)(H,16,17). The molecule has 1 amide bonds. The molecule has 2 heterocycles. The molecule has 0 aliphatic carbocycles. The first-order chi connectivity index (χ1) is 8.60. The van der Waals surface area contributed by atoms with E-state index in [0.717, 1.165) is 11.3 Å². The number of carboxylic acid groups (broad SMARTS) is 1. The normalized spacial score (nSPS) is 20.7. The van der Waals surface area contributed by atoms with Crippen LogP contribution < -0.4 is 5.32 Å². The van der Waals surface area contributed by atoms with Gasteiger partial charge in [0.2, 0.25) is 5.91 Å². The summed E-state index contributed by atoms with van der Waals surface area (Å²) in [7, 11) is 0. The van der Waals surface area contributed by atoms with E-state index in [4.69, 9.17) is 5.11 Å². The lowest BCUT2D eigenvalue weighted by Crippen LogP contribution is -2.56. The average Bonchev–Trinajstić information content (AvgIpc) is 2.76. The molecule has 1 aliphatic heterocycles. The van der Waals surface area contributed by atoms with Crippen LogP contribution in [0.15, 0.2) is 12.1 Å². The van der Waals surface area contributed by atoms with E-state index in [1.807, 2.05) is 6.07 Å². The second kappa shape index (κ2) is 5.49. The molecule has 0 bridgehead atoms. The molecule has 0 saturated carbocycles. The predicted molar refractivity (Wildman–Crippen MR) is 68.5 cm³/mol. The van der Waals surface area contributed by atoms with Crippen molar-refractivity contribution in [1.29, 1.82) is 0 Å². The highest BCUT2D eigenvalue weighted by Crippen LogP contribution is 2.20. The molecule has 18 heavy (non-hydrogen) atoms. The fraction of sp³-hybridized carbons (Fsp3) is 0.500. The molecule has 0 aromatic carbocycles. The monoisotopic (exact) mass is 268 g/mol. The Morgan fingerprint density at radius 3 is 2.89 bits per heavy atom. The first kappa shape index (κ1) is 13.0. The van der Waals surface area contributed by atoms with Crippen molar-refractivity contribution < 1.29 is 14.7 Å². The Kier molecular flexibility index (Phi) is 3.98. The van der Waals surface area contributed by atoms with Crippen LogP contribution in [0.4, 0.5) is 0 Å². The SMILES string of the molecule is CCc1ccc(CN2CC(=O)NCC2C(=O)O)s1. The number of aliphatic carboxylic acids is 1. The summed E-state index contributed by atoms with van der Waals surface area (Å²) in [6.45, 7) is 2.94. The highest BCUT2D eigenvalue weighted by atomic mass is 32.1. The van der Waals surface area contributed by atoms with Gasteiger partial charge in [0.15, 0.2) is 0 Å². The molecule has 1 fully saturated rings. The number of carbonyl (C=O) groups excluding carboxylic acids is 1. The number of nitrogens with one attached hydrogen (secondary N) is 1. The molecular weight excluding hydrogens is 252 g/mol. The molecule has 5 nitrogen and oxygen atoms in total. The largest absolute Gasteiger partial charge is 0.480 e. The summed E-state index contributed by atoms with van der Waals surface area (Å²) in [5, 5.41) is 11.7. The van der Waals surface area contributed by atoms with Gasteiger partial charge in [-0.15, -0.1) is 11.3 Å². The summed E-state index contributed by atoms with van der Waals surface area (Å²) in [6.07, 6.45) is 0.980. The summed E-state index contributed by atoms with van der Waals surface area (Å²) in [4.78, 5) is 26.6. The second-order valence-electron chi connectivity index (χ2n) is 4.28. The third-order valence-electron chi connectivity index (χ3n) is 2.99. The van der Waals surface area contributed by atoms with Gasteiger partial charge < -0.3 is 10.4 Å². The Morgan fingerprint density at radius 1 is 1.56 bits per heavy atom. The van der Waals surface area contributed by atoms with Gasteiger partial charge in [-0.05, 0) is 18.6 Å². The number of hydrogen-bond acceptors (Lipinski definition) is 4. The number of piperazine rings is 1. The smallest absolute Gasteiger partial charge is 0.322 e. The number of aryl methyl sites for hydroxylation is 1. The van der Waals surface area contributed by atoms with Crippen LogP contribution in [0.25, 0.3) is 0 Å². The molecule has 1 atom stereocenters.